The van der Waals surface area contributed by atoms with Gasteiger partial charge in [-0.15, -0.1) is 0 Å². The number of ether oxygens (including phenoxy) is 2. The summed E-state index contributed by atoms with van der Waals surface area (Å²) in [7, 11) is 0. The Bertz CT molecular complexity index is 209. The van der Waals surface area contributed by atoms with Gasteiger partial charge in [0.1, 0.15) is 6.61 Å². The molecule has 0 atom stereocenters. The molecule has 0 aliphatic heterocycles. The summed E-state index contributed by atoms with van der Waals surface area (Å²) in [6, 6.07) is 0. The SMILES string of the molecule is CCOCC(=O)COC(=O)C(C)=O. The van der Waals surface area contributed by atoms with E-state index in [-0.39, 0.29) is 12.4 Å². The monoisotopic (exact) mass is 188 g/mol. The van der Waals surface area contributed by atoms with Crippen LogP contribution in [0.4, 0.5) is 0 Å². The molecule has 0 aliphatic carbocycles. The minimum absolute atomic E-state index is 0.0956. The molecule has 5 nitrogen and oxygen atoms in total. The molecular weight excluding hydrogens is 176 g/mol. The van der Waals surface area contributed by atoms with E-state index in [1.165, 1.54) is 0 Å². The van der Waals surface area contributed by atoms with Crippen molar-refractivity contribution in [2.45, 2.75) is 13.8 Å². The summed E-state index contributed by atoms with van der Waals surface area (Å²) in [5.41, 5.74) is 0. The molecule has 74 valence electrons. The summed E-state index contributed by atoms with van der Waals surface area (Å²) in [5, 5.41) is 0. The van der Waals surface area contributed by atoms with Gasteiger partial charge in [0.05, 0.1) is 0 Å². The molecule has 0 aromatic heterocycles. The van der Waals surface area contributed by atoms with Crippen LogP contribution in [0.2, 0.25) is 0 Å². The molecule has 0 fully saturated rings. The number of carbonyl (C=O) groups excluding carboxylic acids is 3. The van der Waals surface area contributed by atoms with Crippen molar-refractivity contribution < 1.29 is 23.9 Å². The molecular formula is C8H12O5. The van der Waals surface area contributed by atoms with E-state index in [4.69, 9.17) is 4.74 Å². The van der Waals surface area contributed by atoms with E-state index in [0.717, 1.165) is 6.92 Å². The van der Waals surface area contributed by atoms with E-state index >= 15 is 0 Å². The Morgan fingerprint density at radius 1 is 1.15 bits per heavy atom. The summed E-state index contributed by atoms with van der Waals surface area (Å²) in [5.74, 6) is -2.08. The minimum atomic E-state index is -0.996. The quantitative estimate of drug-likeness (QED) is 0.423. The molecule has 0 bridgehead atoms. The van der Waals surface area contributed by atoms with Crippen LogP contribution in [-0.2, 0) is 23.9 Å². The molecule has 0 saturated carbocycles. The van der Waals surface area contributed by atoms with Gasteiger partial charge in [-0.25, -0.2) is 4.79 Å². The maximum absolute atomic E-state index is 10.8. The second-order valence-electron chi connectivity index (χ2n) is 2.31. The van der Waals surface area contributed by atoms with Crippen molar-refractivity contribution in [3.63, 3.8) is 0 Å². The van der Waals surface area contributed by atoms with E-state index < -0.39 is 18.4 Å². The van der Waals surface area contributed by atoms with Crippen LogP contribution >= 0.6 is 0 Å². The second-order valence-corrected chi connectivity index (χ2v) is 2.31. The molecule has 0 N–H and O–H groups in total. The first-order valence-electron chi connectivity index (χ1n) is 3.85. The molecule has 0 aliphatic rings. The van der Waals surface area contributed by atoms with Gasteiger partial charge >= 0.3 is 5.97 Å². The summed E-state index contributed by atoms with van der Waals surface area (Å²) in [6.45, 7) is 2.75. The summed E-state index contributed by atoms with van der Waals surface area (Å²) < 4.78 is 9.11. The van der Waals surface area contributed by atoms with Crippen molar-refractivity contribution in [2.75, 3.05) is 19.8 Å². The van der Waals surface area contributed by atoms with Gasteiger partial charge in [0.25, 0.3) is 0 Å². The van der Waals surface area contributed by atoms with Crippen molar-refractivity contribution in [3.05, 3.63) is 0 Å². The van der Waals surface area contributed by atoms with E-state index in [1.54, 1.807) is 6.92 Å². The molecule has 0 amide bonds. The zero-order valence-corrected chi connectivity index (χ0v) is 7.66. The normalized spacial score (nSPS) is 9.38. The van der Waals surface area contributed by atoms with Crippen LogP contribution in [0.25, 0.3) is 0 Å². The zero-order chi connectivity index (χ0) is 10.3. The van der Waals surface area contributed by atoms with Gasteiger partial charge in [0.15, 0.2) is 12.4 Å². The van der Waals surface area contributed by atoms with E-state index in [2.05, 4.69) is 4.74 Å². The van der Waals surface area contributed by atoms with E-state index in [1.807, 2.05) is 0 Å². The number of ketones is 2. The second kappa shape index (κ2) is 6.30. The first-order chi connectivity index (χ1) is 6.07. The van der Waals surface area contributed by atoms with E-state index in [0.29, 0.717) is 6.61 Å². The minimum Gasteiger partial charge on any atom is -0.452 e. The Morgan fingerprint density at radius 2 is 1.77 bits per heavy atom. The molecule has 0 rings (SSSR count). The van der Waals surface area contributed by atoms with Crippen LogP contribution in [0.1, 0.15) is 13.8 Å². The number of carbonyl (C=O) groups is 3. The van der Waals surface area contributed by atoms with Crippen molar-refractivity contribution in [1.82, 2.24) is 0 Å². The molecule has 0 unspecified atom stereocenters. The maximum atomic E-state index is 10.8. The standard InChI is InChI=1S/C8H12O5/c1-3-12-4-7(10)5-13-8(11)6(2)9/h3-5H2,1-2H3. The lowest BCUT2D eigenvalue weighted by atomic mass is 10.4. The van der Waals surface area contributed by atoms with Crippen LogP contribution in [0.15, 0.2) is 0 Å². The predicted molar refractivity (Wildman–Crippen MR) is 43.1 cm³/mol. The Kier molecular flexibility index (Phi) is 5.71. The fraction of sp³-hybridized carbons (Fsp3) is 0.625. The Morgan fingerprint density at radius 3 is 2.23 bits per heavy atom. The molecule has 0 aromatic carbocycles. The lowest BCUT2D eigenvalue weighted by molar-refractivity contribution is -0.155. The lowest BCUT2D eigenvalue weighted by Gasteiger charge is -2.01. The largest absolute Gasteiger partial charge is 0.452 e. The van der Waals surface area contributed by atoms with Crippen LogP contribution < -0.4 is 0 Å². The van der Waals surface area contributed by atoms with Crippen molar-refractivity contribution in [1.29, 1.82) is 0 Å². The topological polar surface area (TPSA) is 69.7 Å². The van der Waals surface area contributed by atoms with Crippen LogP contribution in [0.3, 0.4) is 0 Å². The zero-order valence-electron chi connectivity index (χ0n) is 7.66. The molecule has 0 saturated heterocycles. The van der Waals surface area contributed by atoms with Gasteiger partial charge in [0.2, 0.25) is 5.78 Å². The number of hydrogen-bond donors (Lipinski definition) is 0. The third kappa shape index (κ3) is 5.98. The lowest BCUT2D eigenvalue weighted by Crippen LogP contribution is -2.21. The van der Waals surface area contributed by atoms with Crippen molar-refractivity contribution >= 4 is 17.5 Å². The third-order valence-corrected chi connectivity index (χ3v) is 1.12. The maximum Gasteiger partial charge on any atom is 0.374 e. The van der Waals surface area contributed by atoms with Gasteiger partial charge in [-0.1, -0.05) is 0 Å². The Hall–Kier alpha value is -1.23. The Balaban J connectivity index is 3.58. The van der Waals surface area contributed by atoms with Gasteiger partial charge in [-0.05, 0) is 6.92 Å². The van der Waals surface area contributed by atoms with E-state index in [9.17, 15) is 14.4 Å². The highest BCUT2D eigenvalue weighted by Gasteiger charge is 2.11. The Labute approximate surface area is 76.0 Å². The molecule has 5 heteroatoms. The van der Waals surface area contributed by atoms with Crippen molar-refractivity contribution in [3.8, 4) is 0 Å². The van der Waals surface area contributed by atoms with Gasteiger partial charge in [0, 0.05) is 13.5 Å². The van der Waals surface area contributed by atoms with Gasteiger partial charge in [-0.3, -0.25) is 9.59 Å². The molecule has 0 radical (unpaired) electrons. The van der Waals surface area contributed by atoms with Crippen LogP contribution in [0.5, 0.6) is 0 Å². The van der Waals surface area contributed by atoms with Gasteiger partial charge < -0.3 is 9.47 Å². The highest BCUT2D eigenvalue weighted by Crippen LogP contribution is 1.84. The number of esters is 1. The average Bonchev–Trinajstić information content (AvgIpc) is 2.10. The summed E-state index contributed by atoms with van der Waals surface area (Å²) in [4.78, 5) is 31.7. The van der Waals surface area contributed by atoms with Crippen LogP contribution in [0, 0.1) is 0 Å². The molecule has 0 heterocycles. The first kappa shape index (κ1) is 11.8. The first-order valence-corrected chi connectivity index (χ1v) is 3.85. The molecule has 13 heavy (non-hydrogen) atoms. The molecule has 0 spiro atoms. The predicted octanol–water partition coefficient (Wildman–Crippen LogP) is -0.276. The number of hydrogen-bond acceptors (Lipinski definition) is 5. The molecule has 0 aromatic rings. The number of Topliss-reactive ketones (excluding diaryl/α,β-unsaturated/α-hetero) is 2. The third-order valence-electron chi connectivity index (χ3n) is 1.12. The van der Waals surface area contributed by atoms with Gasteiger partial charge in [-0.2, -0.15) is 0 Å². The van der Waals surface area contributed by atoms with Crippen LogP contribution in [-0.4, -0.2) is 37.4 Å². The fourth-order valence-corrected chi connectivity index (χ4v) is 0.505. The van der Waals surface area contributed by atoms with Crippen molar-refractivity contribution in [2.24, 2.45) is 0 Å². The summed E-state index contributed by atoms with van der Waals surface area (Å²) in [6.07, 6.45) is 0. The number of rotatable bonds is 6. The highest BCUT2D eigenvalue weighted by molar-refractivity contribution is 6.32. The highest BCUT2D eigenvalue weighted by atomic mass is 16.5. The average molecular weight is 188 g/mol. The smallest absolute Gasteiger partial charge is 0.374 e. The summed E-state index contributed by atoms with van der Waals surface area (Å²) >= 11 is 0. The fourth-order valence-electron chi connectivity index (χ4n) is 0.505.